The molecular weight excluding hydrogens is 279 g/mol. The molecular formula is C14H17FN2O4. The van der Waals surface area contributed by atoms with E-state index in [0.29, 0.717) is 0 Å². The Hall–Kier alpha value is -2.44. The lowest BCUT2D eigenvalue weighted by molar-refractivity contribution is -0.140. The molecule has 0 bridgehead atoms. The monoisotopic (exact) mass is 296 g/mol. The van der Waals surface area contributed by atoms with Crippen LogP contribution >= 0.6 is 0 Å². The molecule has 7 heteroatoms. The number of anilines is 1. The zero-order valence-electron chi connectivity index (χ0n) is 11.9. The van der Waals surface area contributed by atoms with E-state index in [4.69, 9.17) is 5.11 Å². The van der Waals surface area contributed by atoms with Crippen molar-refractivity contribution in [1.29, 1.82) is 0 Å². The van der Waals surface area contributed by atoms with Crippen molar-refractivity contribution in [3.8, 4) is 0 Å². The Kier molecular flexibility index (Phi) is 5.40. The summed E-state index contributed by atoms with van der Waals surface area (Å²) in [5.74, 6) is -3.26. The fraction of sp³-hybridized carbons (Fsp3) is 0.357. The van der Waals surface area contributed by atoms with Crippen LogP contribution in [0.1, 0.15) is 31.1 Å². The second-order valence-corrected chi connectivity index (χ2v) is 4.91. The summed E-state index contributed by atoms with van der Waals surface area (Å²) in [6.07, 6.45) is 0. The van der Waals surface area contributed by atoms with Crippen LogP contribution in [0.5, 0.6) is 0 Å². The number of benzene rings is 1. The summed E-state index contributed by atoms with van der Waals surface area (Å²) < 4.78 is 13.5. The van der Waals surface area contributed by atoms with E-state index in [9.17, 15) is 18.8 Å². The second-order valence-electron chi connectivity index (χ2n) is 4.91. The van der Waals surface area contributed by atoms with E-state index in [0.717, 1.165) is 12.1 Å². The summed E-state index contributed by atoms with van der Waals surface area (Å²) in [5, 5.41) is 13.6. The van der Waals surface area contributed by atoms with Gasteiger partial charge in [0.1, 0.15) is 11.9 Å². The van der Waals surface area contributed by atoms with Crippen LogP contribution in [0.25, 0.3) is 0 Å². The molecule has 2 amide bonds. The van der Waals surface area contributed by atoms with Crippen LogP contribution in [0.3, 0.4) is 0 Å². The van der Waals surface area contributed by atoms with Gasteiger partial charge in [-0.2, -0.15) is 0 Å². The molecule has 0 saturated heterocycles. The van der Waals surface area contributed by atoms with Gasteiger partial charge in [0.15, 0.2) is 0 Å². The third-order valence-corrected chi connectivity index (χ3v) is 2.76. The number of halogens is 1. The lowest BCUT2D eigenvalue weighted by Crippen LogP contribution is -2.44. The van der Waals surface area contributed by atoms with E-state index in [1.165, 1.54) is 13.0 Å². The molecule has 0 heterocycles. The van der Waals surface area contributed by atoms with Crippen molar-refractivity contribution in [3.63, 3.8) is 0 Å². The van der Waals surface area contributed by atoms with Crippen molar-refractivity contribution in [3.05, 3.63) is 29.6 Å². The molecule has 3 N–H and O–H groups in total. The highest BCUT2D eigenvalue weighted by molar-refractivity contribution is 5.98. The van der Waals surface area contributed by atoms with E-state index in [2.05, 4.69) is 10.6 Å². The first kappa shape index (κ1) is 16.6. The van der Waals surface area contributed by atoms with Gasteiger partial charge in [-0.05, 0) is 24.1 Å². The number of carboxylic acids is 1. The maximum Gasteiger partial charge on any atom is 0.326 e. The maximum absolute atomic E-state index is 13.5. The summed E-state index contributed by atoms with van der Waals surface area (Å²) in [7, 11) is 0. The van der Waals surface area contributed by atoms with Gasteiger partial charge in [-0.25, -0.2) is 9.18 Å². The molecule has 0 fully saturated rings. The minimum atomic E-state index is -1.15. The quantitative estimate of drug-likeness (QED) is 0.769. The van der Waals surface area contributed by atoms with Crippen LogP contribution < -0.4 is 10.6 Å². The molecule has 6 nitrogen and oxygen atoms in total. The van der Waals surface area contributed by atoms with E-state index >= 15 is 0 Å². The lowest BCUT2D eigenvalue weighted by atomic mass is 10.0. The van der Waals surface area contributed by atoms with E-state index < -0.39 is 29.6 Å². The third kappa shape index (κ3) is 4.55. The largest absolute Gasteiger partial charge is 0.480 e. The van der Waals surface area contributed by atoms with Gasteiger partial charge >= 0.3 is 5.97 Å². The highest BCUT2D eigenvalue weighted by atomic mass is 19.1. The van der Waals surface area contributed by atoms with Gasteiger partial charge in [-0.1, -0.05) is 13.8 Å². The number of carbonyl (C=O) groups is 3. The number of amides is 2. The number of hydrogen-bond acceptors (Lipinski definition) is 3. The molecule has 1 aromatic carbocycles. The number of aliphatic carboxylic acids is 1. The Morgan fingerprint density at radius 2 is 1.86 bits per heavy atom. The average molecular weight is 296 g/mol. The molecule has 21 heavy (non-hydrogen) atoms. The molecule has 0 unspecified atom stereocenters. The van der Waals surface area contributed by atoms with Crippen LogP contribution in [-0.4, -0.2) is 28.9 Å². The summed E-state index contributed by atoms with van der Waals surface area (Å²) >= 11 is 0. The topological polar surface area (TPSA) is 95.5 Å². The van der Waals surface area contributed by atoms with E-state index in [-0.39, 0.29) is 17.2 Å². The number of rotatable bonds is 5. The Labute approximate surface area is 121 Å². The van der Waals surface area contributed by atoms with Crippen LogP contribution in [-0.2, 0) is 9.59 Å². The highest BCUT2D eigenvalue weighted by Gasteiger charge is 2.24. The second kappa shape index (κ2) is 6.83. The Morgan fingerprint density at radius 1 is 1.24 bits per heavy atom. The summed E-state index contributed by atoms with van der Waals surface area (Å²) in [5.41, 5.74) is -0.0707. The van der Waals surface area contributed by atoms with Crippen LogP contribution in [0.2, 0.25) is 0 Å². The Morgan fingerprint density at radius 3 is 2.33 bits per heavy atom. The molecule has 1 rings (SSSR count). The molecule has 0 saturated carbocycles. The van der Waals surface area contributed by atoms with Gasteiger partial charge in [0.05, 0.1) is 5.69 Å². The van der Waals surface area contributed by atoms with Gasteiger partial charge in [0.25, 0.3) is 5.91 Å². The van der Waals surface area contributed by atoms with Gasteiger partial charge in [-0.15, -0.1) is 0 Å². The van der Waals surface area contributed by atoms with Crippen LogP contribution in [0.4, 0.5) is 10.1 Å². The Bertz CT molecular complexity index is 572. The SMILES string of the molecule is CC(=O)Nc1cc(C(=O)N[C@@H](C(=O)O)C(C)C)ccc1F. The molecule has 0 aliphatic rings. The number of nitrogens with one attached hydrogen (secondary N) is 2. The van der Waals surface area contributed by atoms with Gasteiger partial charge in [0, 0.05) is 12.5 Å². The molecule has 114 valence electrons. The van der Waals surface area contributed by atoms with Crippen LogP contribution in [0, 0.1) is 11.7 Å². The zero-order chi connectivity index (χ0) is 16.2. The first-order chi connectivity index (χ1) is 9.72. The van der Waals surface area contributed by atoms with Gasteiger partial charge < -0.3 is 15.7 Å². The van der Waals surface area contributed by atoms with Crippen molar-refractivity contribution < 1.29 is 23.9 Å². The first-order valence-electron chi connectivity index (χ1n) is 6.33. The maximum atomic E-state index is 13.5. The van der Waals surface area contributed by atoms with Crippen molar-refractivity contribution in [2.75, 3.05) is 5.32 Å². The predicted octanol–water partition coefficient (Wildman–Crippen LogP) is 1.62. The standard InChI is InChI=1S/C14H17FN2O4/c1-7(2)12(14(20)21)17-13(19)9-4-5-10(15)11(6-9)16-8(3)18/h4-7,12H,1-3H3,(H,16,18)(H,17,19)(H,20,21)/t12-/m1/s1. The first-order valence-corrected chi connectivity index (χ1v) is 6.33. The minimum absolute atomic E-state index is 0.0621. The molecule has 0 spiro atoms. The van der Waals surface area contributed by atoms with E-state index in [1.807, 2.05) is 0 Å². The number of carboxylic acid groups (broad SMARTS) is 1. The van der Waals surface area contributed by atoms with Crippen LogP contribution in [0.15, 0.2) is 18.2 Å². The molecule has 1 aromatic rings. The molecule has 0 aliphatic heterocycles. The predicted molar refractivity (Wildman–Crippen MR) is 74.4 cm³/mol. The smallest absolute Gasteiger partial charge is 0.326 e. The fourth-order valence-corrected chi connectivity index (χ4v) is 1.69. The number of carbonyl (C=O) groups excluding carboxylic acids is 2. The molecule has 0 aromatic heterocycles. The van der Waals surface area contributed by atoms with Crippen molar-refractivity contribution in [1.82, 2.24) is 5.32 Å². The van der Waals surface area contributed by atoms with Crippen molar-refractivity contribution in [2.24, 2.45) is 5.92 Å². The summed E-state index contributed by atoms with van der Waals surface area (Å²) in [6.45, 7) is 4.53. The Balaban J connectivity index is 2.97. The summed E-state index contributed by atoms with van der Waals surface area (Å²) in [6, 6.07) is 2.36. The number of hydrogen-bond donors (Lipinski definition) is 3. The highest BCUT2D eigenvalue weighted by Crippen LogP contribution is 2.16. The third-order valence-electron chi connectivity index (χ3n) is 2.76. The van der Waals surface area contributed by atoms with Crippen molar-refractivity contribution >= 4 is 23.5 Å². The van der Waals surface area contributed by atoms with E-state index in [1.54, 1.807) is 13.8 Å². The molecule has 0 radical (unpaired) electrons. The van der Waals surface area contributed by atoms with Gasteiger partial charge in [0.2, 0.25) is 5.91 Å². The van der Waals surface area contributed by atoms with Gasteiger partial charge in [-0.3, -0.25) is 9.59 Å². The minimum Gasteiger partial charge on any atom is -0.480 e. The average Bonchev–Trinajstić information content (AvgIpc) is 2.36. The molecule has 0 aliphatic carbocycles. The fourth-order valence-electron chi connectivity index (χ4n) is 1.69. The zero-order valence-corrected chi connectivity index (χ0v) is 11.9. The molecule has 1 atom stereocenters. The normalized spacial score (nSPS) is 11.9. The lowest BCUT2D eigenvalue weighted by Gasteiger charge is -2.18. The summed E-state index contributed by atoms with van der Waals surface area (Å²) in [4.78, 5) is 34.0. The van der Waals surface area contributed by atoms with Crippen molar-refractivity contribution in [2.45, 2.75) is 26.8 Å².